The quantitative estimate of drug-likeness (QED) is 0.690. The van der Waals surface area contributed by atoms with Gasteiger partial charge in [-0.15, -0.1) is 0 Å². The maximum atomic E-state index is 12.0. The molecule has 0 saturated carbocycles. The Kier molecular flexibility index (Phi) is 6.55. The van der Waals surface area contributed by atoms with Crippen LogP contribution in [-0.4, -0.2) is 36.7 Å². The number of anilines is 1. The summed E-state index contributed by atoms with van der Waals surface area (Å²) in [6.45, 7) is 3.01. The van der Waals surface area contributed by atoms with Gasteiger partial charge in [-0.05, 0) is 33.0 Å². The lowest BCUT2D eigenvalue weighted by Crippen LogP contribution is -2.49. The number of carbonyl (C=O) groups excluding carboxylic acids is 3. The molecule has 0 aliphatic carbocycles. The summed E-state index contributed by atoms with van der Waals surface area (Å²) in [6, 6.07) is 7.76. The van der Waals surface area contributed by atoms with Gasteiger partial charge in [0.15, 0.2) is 5.78 Å². The summed E-state index contributed by atoms with van der Waals surface area (Å²) in [5, 5.41) is 8.06. The fraction of sp³-hybridized carbons (Fsp3) is 0.400. The molecule has 21 heavy (non-hydrogen) atoms. The van der Waals surface area contributed by atoms with Crippen LogP contribution in [0, 0.1) is 0 Å². The lowest BCUT2D eigenvalue weighted by Gasteiger charge is -2.18. The minimum atomic E-state index is -0.685. The molecule has 0 saturated heterocycles. The third-order valence-corrected chi connectivity index (χ3v) is 3.08. The summed E-state index contributed by atoms with van der Waals surface area (Å²) < 4.78 is 0. The van der Waals surface area contributed by atoms with Gasteiger partial charge in [-0.2, -0.15) is 0 Å². The van der Waals surface area contributed by atoms with Gasteiger partial charge in [0.1, 0.15) is 0 Å². The second kappa shape index (κ2) is 8.16. The van der Waals surface area contributed by atoms with Crippen LogP contribution in [0.4, 0.5) is 5.69 Å². The Morgan fingerprint density at radius 2 is 1.76 bits per heavy atom. The van der Waals surface area contributed by atoms with Gasteiger partial charge in [0, 0.05) is 5.69 Å². The number of hydrogen-bond acceptors (Lipinski definition) is 4. The summed E-state index contributed by atoms with van der Waals surface area (Å²) in [7, 11) is 1.60. The fourth-order valence-electron chi connectivity index (χ4n) is 1.66. The molecule has 2 amide bonds. The van der Waals surface area contributed by atoms with Crippen LogP contribution in [-0.2, 0) is 14.4 Å². The highest BCUT2D eigenvalue weighted by molar-refractivity contribution is 5.96. The first-order valence-corrected chi connectivity index (χ1v) is 6.77. The molecule has 6 heteroatoms. The SMILES string of the molecule is CN[C@@H](CC(=O)Nc1ccccc1)C(=O)N[C@@H](C)C(C)=O. The first kappa shape index (κ1) is 16.8. The molecule has 6 nitrogen and oxygen atoms in total. The predicted octanol–water partition coefficient (Wildman–Crippen LogP) is 0.697. The van der Waals surface area contributed by atoms with E-state index in [4.69, 9.17) is 0 Å². The van der Waals surface area contributed by atoms with E-state index in [1.54, 1.807) is 26.1 Å². The van der Waals surface area contributed by atoms with Crippen LogP contribution in [0.25, 0.3) is 0 Å². The molecular weight excluding hydrogens is 270 g/mol. The van der Waals surface area contributed by atoms with Gasteiger partial charge in [0.2, 0.25) is 11.8 Å². The smallest absolute Gasteiger partial charge is 0.238 e. The van der Waals surface area contributed by atoms with Crippen molar-refractivity contribution in [2.75, 3.05) is 12.4 Å². The van der Waals surface area contributed by atoms with Gasteiger partial charge in [-0.1, -0.05) is 18.2 Å². The van der Waals surface area contributed by atoms with Crippen molar-refractivity contribution in [3.05, 3.63) is 30.3 Å². The van der Waals surface area contributed by atoms with E-state index in [0.717, 1.165) is 0 Å². The molecule has 1 rings (SSSR count). The molecule has 1 aromatic rings. The zero-order valence-electron chi connectivity index (χ0n) is 12.5. The first-order valence-electron chi connectivity index (χ1n) is 6.77. The normalized spacial score (nSPS) is 13.1. The topological polar surface area (TPSA) is 87.3 Å². The van der Waals surface area contributed by atoms with Crippen LogP contribution < -0.4 is 16.0 Å². The van der Waals surface area contributed by atoms with Crippen LogP contribution in [0.2, 0.25) is 0 Å². The molecule has 0 fully saturated rings. The number of likely N-dealkylation sites (N-methyl/N-ethyl adjacent to an activating group) is 1. The molecular formula is C15H21N3O3. The van der Waals surface area contributed by atoms with E-state index in [-0.39, 0.29) is 24.0 Å². The zero-order chi connectivity index (χ0) is 15.8. The number of Topliss-reactive ketones (excluding diaryl/α,β-unsaturated/α-hetero) is 1. The minimum Gasteiger partial charge on any atom is -0.345 e. The van der Waals surface area contributed by atoms with Crippen LogP contribution in [0.15, 0.2) is 30.3 Å². The van der Waals surface area contributed by atoms with Crippen LogP contribution >= 0.6 is 0 Å². The van der Waals surface area contributed by atoms with E-state index in [1.807, 2.05) is 18.2 Å². The molecule has 0 aliphatic heterocycles. The van der Waals surface area contributed by atoms with Crippen LogP contribution in [0.3, 0.4) is 0 Å². The molecule has 0 spiro atoms. The second-order valence-electron chi connectivity index (χ2n) is 4.80. The molecule has 0 unspecified atom stereocenters. The Labute approximate surface area is 124 Å². The number of ketones is 1. The van der Waals surface area contributed by atoms with E-state index < -0.39 is 12.1 Å². The highest BCUT2D eigenvalue weighted by Crippen LogP contribution is 2.06. The summed E-state index contributed by atoms with van der Waals surface area (Å²) in [5.41, 5.74) is 0.676. The molecule has 1 aromatic carbocycles. The molecule has 3 N–H and O–H groups in total. The van der Waals surface area contributed by atoms with Crippen molar-refractivity contribution < 1.29 is 14.4 Å². The number of benzene rings is 1. The molecule has 0 radical (unpaired) electrons. The average molecular weight is 291 g/mol. The Morgan fingerprint density at radius 1 is 1.14 bits per heavy atom. The van der Waals surface area contributed by atoms with Crippen LogP contribution in [0.1, 0.15) is 20.3 Å². The van der Waals surface area contributed by atoms with E-state index >= 15 is 0 Å². The molecule has 0 heterocycles. The van der Waals surface area contributed by atoms with Crippen LogP contribution in [0.5, 0.6) is 0 Å². The average Bonchev–Trinajstić information content (AvgIpc) is 2.45. The Hall–Kier alpha value is -2.21. The number of hydrogen-bond donors (Lipinski definition) is 3. The summed E-state index contributed by atoms with van der Waals surface area (Å²) >= 11 is 0. The minimum absolute atomic E-state index is 0.0121. The fourth-order valence-corrected chi connectivity index (χ4v) is 1.66. The maximum Gasteiger partial charge on any atom is 0.238 e. The third-order valence-electron chi connectivity index (χ3n) is 3.08. The highest BCUT2D eigenvalue weighted by Gasteiger charge is 2.22. The standard InChI is InChI=1S/C15H21N3O3/c1-10(11(2)19)17-15(21)13(16-3)9-14(20)18-12-7-5-4-6-8-12/h4-8,10,13,16H,9H2,1-3H3,(H,17,21)(H,18,20)/t10-,13-/m0/s1. The molecule has 0 bridgehead atoms. The Bertz CT molecular complexity index is 502. The van der Waals surface area contributed by atoms with E-state index in [1.165, 1.54) is 6.92 Å². The van der Waals surface area contributed by atoms with Crippen molar-refractivity contribution in [3.8, 4) is 0 Å². The van der Waals surface area contributed by atoms with Crippen molar-refractivity contribution >= 4 is 23.3 Å². The summed E-state index contributed by atoms with van der Waals surface area (Å²) in [6.07, 6.45) is -0.0121. The van der Waals surface area contributed by atoms with Crippen molar-refractivity contribution in [2.45, 2.75) is 32.4 Å². The lowest BCUT2D eigenvalue weighted by atomic mass is 10.1. The predicted molar refractivity (Wildman–Crippen MR) is 80.8 cm³/mol. The number of carbonyl (C=O) groups is 3. The number of para-hydroxylation sites is 1. The van der Waals surface area contributed by atoms with E-state index in [9.17, 15) is 14.4 Å². The lowest BCUT2D eigenvalue weighted by molar-refractivity contribution is -0.129. The number of amides is 2. The third kappa shape index (κ3) is 5.74. The Balaban J connectivity index is 2.55. The molecule has 2 atom stereocenters. The molecule has 0 aromatic heterocycles. The second-order valence-corrected chi connectivity index (χ2v) is 4.80. The monoisotopic (exact) mass is 291 g/mol. The highest BCUT2D eigenvalue weighted by atomic mass is 16.2. The van der Waals surface area contributed by atoms with E-state index in [2.05, 4.69) is 16.0 Å². The Morgan fingerprint density at radius 3 is 2.29 bits per heavy atom. The zero-order valence-corrected chi connectivity index (χ0v) is 12.5. The van der Waals surface area contributed by atoms with E-state index in [0.29, 0.717) is 5.69 Å². The summed E-state index contributed by atoms with van der Waals surface area (Å²) in [5.74, 6) is -0.776. The van der Waals surface area contributed by atoms with Gasteiger partial charge < -0.3 is 16.0 Å². The van der Waals surface area contributed by atoms with Crippen molar-refractivity contribution in [1.82, 2.24) is 10.6 Å². The summed E-state index contributed by atoms with van der Waals surface area (Å²) in [4.78, 5) is 35.0. The molecule has 0 aliphatic rings. The maximum absolute atomic E-state index is 12.0. The van der Waals surface area contributed by atoms with Crippen molar-refractivity contribution in [2.24, 2.45) is 0 Å². The van der Waals surface area contributed by atoms with Crippen molar-refractivity contribution in [3.63, 3.8) is 0 Å². The largest absolute Gasteiger partial charge is 0.345 e. The van der Waals surface area contributed by atoms with Crippen molar-refractivity contribution in [1.29, 1.82) is 0 Å². The van der Waals surface area contributed by atoms with Gasteiger partial charge in [0.05, 0.1) is 18.5 Å². The van der Waals surface area contributed by atoms with Gasteiger partial charge in [0.25, 0.3) is 0 Å². The van der Waals surface area contributed by atoms with Gasteiger partial charge in [-0.3, -0.25) is 14.4 Å². The number of nitrogens with one attached hydrogen (secondary N) is 3. The first-order chi connectivity index (χ1) is 9.93. The number of rotatable bonds is 7. The van der Waals surface area contributed by atoms with Gasteiger partial charge >= 0.3 is 0 Å². The molecule has 114 valence electrons. The van der Waals surface area contributed by atoms with Gasteiger partial charge in [-0.25, -0.2) is 0 Å².